The molecule has 0 saturated carbocycles. The molecule has 0 fully saturated rings. The molecule has 8 heteroatoms. The average Bonchev–Trinajstić information content (AvgIpc) is 2.67. The van der Waals surface area contributed by atoms with Gasteiger partial charge in [0.15, 0.2) is 0 Å². The van der Waals surface area contributed by atoms with Crippen LogP contribution in [0.3, 0.4) is 0 Å². The van der Waals surface area contributed by atoms with Crippen molar-refractivity contribution in [2.45, 2.75) is 31.7 Å². The predicted molar refractivity (Wildman–Crippen MR) is 108 cm³/mol. The summed E-state index contributed by atoms with van der Waals surface area (Å²) in [6, 6.07) is 15.2. The van der Waals surface area contributed by atoms with Crippen LogP contribution in [0.25, 0.3) is 0 Å². The third-order valence-corrected chi connectivity index (χ3v) is 5.38. The van der Waals surface area contributed by atoms with E-state index in [1.807, 2.05) is 19.9 Å². The summed E-state index contributed by atoms with van der Waals surface area (Å²) in [5, 5.41) is 5.55. The highest BCUT2D eigenvalue weighted by Crippen LogP contribution is 2.12. The van der Waals surface area contributed by atoms with Crippen molar-refractivity contribution in [3.63, 3.8) is 0 Å². The van der Waals surface area contributed by atoms with Crippen LogP contribution in [-0.2, 0) is 26.2 Å². The van der Waals surface area contributed by atoms with Crippen LogP contribution in [-0.4, -0.2) is 26.8 Å². The summed E-state index contributed by atoms with van der Waals surface area (Å²) in [4.78, 5) is 23.9. The lowest BCUT2D eigenvalue weighted by Gasteiger charge is -2.10. The van der Waals surface area contributed by atoms with Gasteiger partial charge in [0.05, 0.1) is 4.90 Å². The Bertz CT molecular complexity index is 912. The van der Waals surface area contributed by atoms with Crippen molar-refractivity contribution in [3.8, 4) is 0 Å². The van der Waals surface area contributed by atoms with Gasteiger partial charge in [0, 0.05) is 31.1 Å². The van der Waals surface area contributed by atoms with Crippen molar-refractivity contribution < 1.29 is 18.0 Å². The first-order valence-electron chi connectivity index (χ1n) is 8.99. The largest absolute Gasteiger partial charge is 0.352 e. The lowest BCUT2D eigenvalue weighted by atomic mass is 10.1. The molecule has 0 aliphatic carbocycles. The molecule has 3 N–H and O–H groups in total. The van der Waals surface area contributed by atoms with Gasteiger partial charge in [-0.2, -0.15) is 0 Å². The molecule has 0 aromatic heterocycles. The quantitative estimate of drug-likeness (QED) is 0.597. The van der Waals surface area contributed by atoms with Crippen LogP contribution in [0.4, 0.5) is 5.69 Å². The zero-order valence-corrected chi connectivity index (χ0v) is 16.8. The van der Waals surface area contributed by atoms with Gasteiger partial charge in [0.1, 0.15) is 0 Å². The van der Waals surface area contributed by atoms with Crippen molar-refractivity contribution in [1.29, 1.82) is 0 Å². The highest BCUT2D eigenvalue weighted by atomic mass is 32.2. The number of amides is 2. The molecule has 0 spiro atoms. The lowest BCUT2D eigenvalue weighted by molar-refractivity contribution is -0.121. The highest BCUT2D eigenvalue weighted by molar-refractivity contribution is 7.89. The predicted octanol–water partition coefficient (Wildman–Crippen LogP) is 2.27. The maximum Gasteiger partial charge on any atom is 0.240 e. The molecule has 0 radical (unpaired) electrons. The van der Waals surface area contributed by atoms with Gasteiger partial charge in [-0.05, 0) is 29.8 Å². The Labute approximate surface area is 165 Å². The fourth-order valence-corrected chi connectivity index (χ4v) is 3.37. The Balaban J connectivity index is 1.79. The zero-order valence-electron chi connectivity index (χ0n) is 15.9. The van der Waals surface area contributed by atoms with E-state index in [1.54, 1.807) is 36.4 Å². The van der Waals surface area contributed by atoms with Gasteiger partial charge in [-0.15, -0.1) is 0 Å². The van der Waals surface area contributed by atoms with Gasteiger partial charge in [-0.3, -0.25) is 9.59 Å². The van der Waals surface area contributed by atoms with Crippen LogP contribution in [0.15, 0.2) is 59.5 Å². The molecule has 2 aromatic rings. The van der Waals surface area contributed by atoms with Crippen molar-refractivity contribution in [3.05, 3.63) is 60.2 Å². The molecule has 0 atom stereocenters. The number of carbonyl (C=O) groups is 2. The minimum atomic E-state index is -3.62. The van der Waals surface area contributed by atoms with Crippen LogP contribution in [0.2, 0.25) is 0 Å². The van der Waals surface area contributed by atoms with Gasteiger partial charge < -0.3 is 10.6 Å². The van der Waals surface area contributed by atoms with Gasteiger partial charge in [-0.1, -0.05) is 44.2 Å². The van der Waals surface area contributed by atoms with Crippen molar-refractivity contribution in [1.82, 2.24) is 10.0 Å². The Hall–Kier alpha value is -2.71. The maximum absolute atomic E-state index is 12.1. The van der Waals surface area contributed by atoms with E-state index < -0.39 is 10.0 Å². The minimum absolute atomic E-state index is 0.00749. The molecule has 0 aliphatic rings. The van der Waals surface area contributed by atoms with E-state index >= 15 is 0 Å². The third-order valence-electron chi connectivity index (χ3n) is 3.91. The van der Waals surface area contributed by atoms with E-state index in [-0.39, 0.29) is 42.1 Å². The van der Waals surface area contributed by atoms with Crippen molar-refractivity contribution in [2.75, 3.05) is 11.9 Å². The summed E-state index contributed by atoms with van der Waals surface area (Å²) < 4.78 is 26.6. The second kappa shape index (κ2) is 10.0. The normalized spacial score (nSPS) is 11.2. The van der Waals surface area contributed by atoms with Crippen molar-refractivity contribution in [2.24, 2.45) is 5.92 Å². The maximum atomic E-state index is 12.1. The number of carbonyl (C=O) groups excluding carboxylic acids is 2. The number of nitrogens with one attached hydrogen (secondary N) is 3. The SMILES string of the molecule is CC(C)C(=O)Nc1cccc(CNC(=O)CCNS(=O)(=O)c2ccccc2)c1. The average molecular weight is 404 g/mol. The Kier molecular flexibility index (Phi) is 7.71. The van der Waals surface area contributed by atoms with Gasteiger partial charge in [0.25, 0.3) is 0 Å². The minimum Gasteiger partial charge on any atom is -0.352 e. The molecule has 0 bridgehead atoms. The molecule has 2 aromatic carbocycles. The molecular formula is C20H25N3O4S. The third kappa shape index (κ3) is 6.79. The summed E-state index contributed by atoms with van der Waals surface area (Å²) in [5.41, 5.74) is 1.50. The number of hydrogen-bond donors (Lipinski definition) is 3. The first-order valence-corrected chi connectivity index (χ1v) is 10.5. The second-order valence-corrected chi connectivity index (χ2v) is 8.35. The molecule has 0 saturated heterocycles. The highest BCUT2D eigenvalue weighted by Gasteiger charge is 2.13. The Morgan fingerprint density at radius 3 is 2.39 bits per heavy atom. The molecule has 150 valence electrons. The van der Waals surface area contributed by atoms with Crippen LogP contribution < -0.4 is 15.4 Å². The number of sulfonamides is 1. The molecule has 28 heavy (non-hydrogen) atoms. The van der Waals surface area contributed by atoms with E-state index in [0.717, 1.165) is 5.56 Å². The standard InChI is InChI=1S/C20H25N3O4S/c1-15(2)20(25)23-17-8-6-7-16(13-17)14-21-19(24)11-12-22-28(26,27)18-9-4-3-5-10-18/h3-10,13,15,22H,11-12,14H2,1-2H3,(H,21,24)(H,23,25). The van der Waals surface area contributed by atoms with Gasteiger partial charge in [0.2, 0.25) is 21.8 Å². The van der Waals surface area contributed by atoms with Gasteiger partial charge >= 0.3 is 0 Å². The van der Waals surface area contributed by atoms with Crippen LogP contribution >= 0.6 is 0 Å². The molecule has 2 amide bonds. The Morgan fingerprint density at radius 2 is 1.71 bits per heavy atom. The summed E-state index contributed by atoms with van der Waals surface area (Å²) in [5.74, 6) is -0.470. The monoisotopic (exact) mass is 403 g/mol. The van der Waals surface area contributed by atoms with E-state index in [1.165, 1.54) is 12.1 Å². The van der Waals surface area contributed by atoms with Crippen molar-refractivity contribution >= 4 is 27.5 Å². The van der Waals surface area contributed by atoms with E-state index in [0.29, 0.717) is 5.69 Å². The van der Waals surface area contributed by atoms with Crippen LogP contribution in [0.1, 0.15) is 25.8 Å². The second-order valence-electron chi connectivity index (χ2n) is 6.58. The molecule has 0 heterocycles. The van der Waals surface area contributed by atoms with E-state index in [4.69, 9.17) is 0 Å². The van der Waals surface area contributed by atoms with E-state index in [2.05, 4.69) is 15.4 Å². The molecule has 2 rings (SSSR count). The first-order chi connectivity index (χ1) is 13.3. The molecular weight excluding hydrogens is 378 g/mol. The van der Waals surface area contributed by atoms with Crippen LogP contribution in [0, 0.1) is 5.92 Å². The molecule has 0 unspecified atom stereocenters. The van der Waals surface area contributed by atoms with Crippen LogP contribution in [0.5, 0.6) is 0 Å². The topological polar surface area (TPSA) is 104 Å². The first kappa shape index (κ1) is 21.6. The van der Waals surface area contributed by atoms with E-state index in [9.17, 15) is 18.0 Å². The summed E-state index contributed by atoms with van der Waals surface area (Å²) in [6.45, 7) is 3.92. The molecule has 7 nitrogen and oxygen atoms in total. The Morgan fingerprint density at radius 1 is 1.00 bits per heavy atom. The summed E-state index contributed by atoms with van der Waals surface area (Å²) >= 11 is 0. The summed E-state index contributed by atoms with van der Waals surface area (Å²) in [6.07, 6.45) is 0.0237. The fraction of sp³-hybridized carbons (Fsp3) is 0.300. The smallest absolute Gasteiger partial charge is 0.240 e. The fourth-order valence-electron chi connectivity index (χ4n) is 2.32. The number of benzene rings is 2. The number of rotatable bonds is 9. The lowest BCUT2D eigenvalue weighted by Crippen LogP contribution is -2.30. The summed E-state index contributed by atoms with van der Waals surface area (Å²) in [7, 11) is -3.62. The number of anilines is 1. The zero-order chi connectivity index (χ0) is 20.6. The molecule has 0 aliphatic heterocycles. The number of hydrogen-bond acceptors (Lipinski definition) is 4. The van der Waals surface area contributed by atoms with Gasteiger partial charge in [-0.25, -0.2) is 13.1 Å².